The van der Waals surface area contributed by atoms with E-state index >= 15 is 0 Å². The lowest BCUT2D eigenvalue weighted by atomic mass is 9.85. The summed E-state index contributed by atoms with van der Waals surface area (Å²) in [4.78, 5) is 34.3. The van der Waals surface area contributed by atoms with Crippen molar-refractivity contribution >= 4 is 17.5 Å². The summed E-state index contributed by atoms with van der Waals surface area (Å²) in [7, 11) is 0. The summed E-state index contributed by atoms with van der Waals surface area (Å²) in [5.41, 5.74) is 3.60. The first kappa shape index (κ1) is 17.1. The van der Waals surface area contributed by atoms with Crippen LogP contribution in [0.4, 0.5) is 5.82 Å². The molecule has 0 fully saturated rings. The van der Waals surface area contributed by atoms with Crippen molar-refractivity contribution in [2.75, 3.05) is 5.32 Å². The average molecular weight is 361 g/mol. The van der Waals surface area contributed by atoms with Crippen molar-refractivity contribution in [3.8, 4) is 5.95 Å². The number of aryl methyl sites for hydroxylation is 3. The van der Waals surface area contributed by atoms with E-state index in [9.17, 15) is 9.59 Å². The Morgan fingerprint density at radius 3 is 2.44 bits per heavy atom. The van der Waals surface area contributed by atoms with Gasteiger partial charge < -0.3 is 5.32 Å². The number of carbonyl (C=O) groups is 2. The zero-order valence-corrected chi connectivity index (χ0v) is 15.4. The molecular formula is C20H19N5O2. The van der Waals surface area contributed by atoms with Crippen LogP contribution in [-0.4, -0.2) is 31.4 Å². The fourth-order valence-corrected chi connectivity index (χ4v) is 3.52. The summed E-state index contributed by atoms with van der Waals surface area (Å²) in [6.07, 6.45) is 0.0982. The molecule has 4 rings (SSSR count). The molecule has 1 unspecified atom stereocenters. The van der Waals surface area contributed by atoms with Crippen LogP contribution in [0.5, 0.6) is 0 Å². The lowest BCUT2D eigenvalue weighted by Gasteiger charge is -2.23. The number of amides is 1. The highest BCUT2D eigenvalue weighted by molar-refractivity contribution is 6.07. The number of hydrogen-bond acceptors (Lipinski definition) is 5. The molecule has 0 spiro atoms. The van der Waals surface area contributed by atoms with Gasteiger partial charge in [-0.1, -0.05) is 30.3 Å². The van der Waals surface area contributed by atoms with E-state index in [2.05, 4.69) is 20.4 Å². The van der Waals surface area contributed by atoms with Crippen molar-refractivity contribution in [2.45, 2.75) is 33.1 Å². The molecule has 3 aromatic rings. The summed E-state index contributed by atoms with van der Waals surface area (Å²) in [5.74, 6) is -0.0261. The molecule has 1 amide bonds. The third-order valence-electron chi connectivity index (χ3n) is 4.64. The van der Waals surface area contributed by atoms with Crippen LogP contribution in [0.1, 0.15) is 45.3 Å². The molecular weight excluding hydrogens is 342 g/mol. The van der Waals surface area contributed by atoms with Crippen molar-refractivity contribution in [3.05, 3.63) is 64.6 Å². The molecule has 1 N–H and O–H groups in total. The van der Waals surface area contributed by atoms with Gasteiger partial charge in [-0.25, -0.2) is 9.97 Å². The minimum atomic E-state index is -0.573. The maximum atomic E-state index is 13.1. The van der Waals surface area contributed by atoms with Crippen LogP contribution >= 0.6 is 0 Å². The van der Waals surface area contributed by atoms with Crippen LogP contribution in [0, 0.1) is 20.8 Å². The second-order valence-electron chi connectivity index (χ2n) is 6.75. The Bertz CT molecular complexity index is 1040. The van der Waals surface area contributed by atoms with E-state index in [4.69, 9.17) is 0 Å². The van der Waals surface area contributed by atoms with E-state index in [0.717, 1.165) is 17.0 Å². The van der Waals surface area contributed by atoms with Gasteiger partial charge in [0.1, 0.15) is 5.82 Å². The fraction of sp³-hybridized carbons (Fsp3) is 0.250. The molecule has 1 aliphatic rings. The highest BCUT2D eigenvalue weighted by atomic mass is 16.2. The van der Waals surface area contributed by atoms with Crippen LogP contribution in [0.2, 0.25) is 0 Å². The molecule has 1 atom stereocenters. The number of fused-ring (bicyclic) bond motifs is 1. The van der Waals surface area contributed by atoms with Crippen LogP contribution in [0.25, 0.3) is 5.95 Å². The molecule has 0 saturated carbocycles. The fourth-order valence-electron chi connectivity index (χ4n) is 3.52. The molecule has 7 heteroatoms. The number of Topliss-reactive ketones (excluding diaryl/α,β-unsaturated/α-hetero) is 1. The van der Waals surface area contributed by atoms with E-state index in [1.54, 1.807) is 12.1 Å². The Hall–Kier alpha value is -3.35. The van der Waals surface area contributed by atoms with Gasteiger partial charge in [0.05, 0.1) is 11.6 Å². The van der Waals surface area contributed by atoms with Crippen molar-refractivity contribution in [1.82, 2.24) is 19.7 Å². The third kappa shape index (κ3) is 3.01. The molecule has 0 radical (unpaired) electrons. The monoisotopic (exact) mass is 361 g/mol. The third-order valence-corrected chi connectivity index (χ3v) is 4.64. The quantitative estimate of drug-likeness (QED) is 0.725. The number of aromatic nitrogens is 4. The highest BCUT2D eigenvalue weighted by Crippen LogP contribution is 2.37. The Kier molecular flexibility index (Phi) is 4.07. The number of nitrogens with zero attached hydrogens (tertiary/aromatic N) is 4. The SMILES string of the molecule is Cc1cc(C)nc(-n2nc(C)c3c2NC(=O)CC3C(=O)c2ccccc2)n1. The van der Waals surface area contributed by atoms with Crippen LogP contribution in [-0.2, 0) is 4.79 Å². The number of carbonyl (C=O) groups excluding carboxylic acids is 2. The second kappa shape index (κ2) is 6.42. The summed E-state index contributed by atoms with van der Waals surface area (Å²) in [6, 6.07) is 10.9. The topological polar surface area (TPSA) is 89.8 Å². The number of hydrogen-bond donors (Lipinski definition) is 1. The molecule has 1 aliphatic heterocycles. The zero-order chi connectivity index (χ0) is 19.1. The minimum Gasteiger partial charge on any atom is -0.310 e. The smallest absolute Gasteiger partial charge is 0.252 e. The summed E-state index contributed by atoms with van der Waals surface area (Å²) >= 11 is 0. The standard InChI is InChI=1S/C20H19N5O2/c1-11-9-12(2)22-20(21-11)25-19-17(13(3)24-25)15(10-16(26)23-19)18(27)14-7-5-4-6-8-14/h4-9,15H,10H2,1-3H3,(H,23,26). The van der Waals surface area contributed by atoms with Gasteiger partial charge in [0.2, 0.25) is 5.91 Å². The Labute approximate surface area is 156 Å². The number of nitrogens with one attached hydrogen (secondary N) is 1. The zero-order valence-electron chi connectivity index (χ0n) is 15.4. The average Bonchev–Trinajstić information content (AvgIpc) is 2.97. The van der Waals surface area contributed by atoms with E-state index in [1.165, 1.54) is 4.68 Å². The number of benzene rings is 1. The predicted molar refractivity (Wildman–Crippen MR) is 100 cm³/mol. The Morgan fingerprint density at radius 1 is 1.11 bits per heavy atom. The van der Waals surface area contributed by atoms with E-state index in [-0.39, 0.29) is 18.1 Å². The van der Waals surface area contributed by atoms with E-state index < -0.39 is 5.92 Å². The molecule has 27 heavy (non-hydrogen) atoms. The lowest BCUT2D eigenvalue weighted by Crippen LogP contribution is -2.28. The van der Waals surface area contributed by atoms with Crippen LogP contribution < -0.4 is 5.32 Å². The van der Waals surface area contributed by atoms with Gasteiger partial charge in [0, 0.05) is 28.9 Å². The van der Waals surface area contributed by atoms with Crippen LogP contribution in [0.3, 0.4) is 0 Å². The van der Waals surface area contributed by atoms with E-state index in [1.807, 2.05) is 45.0 Å². The van der Waals surface area contributed by atoms with Gasteiger partial charge in [-0.15, -0.1) is 0 Å². The largest absolute Gasteiger partial charge is 0.310 e. The normalized spacial score (nSPS) is 16.0. The molecule has 1 aromatic carbocycles. The highest BCUT2D eigenvalue weighted by Gasteiger charge is 2.36. The summed E-state index contributed by atoms with van der Waals surface area (Å²) in [5, 5.41) is 7.38. The van der Waals surface area contributed by atoms with Crippen molar-refractivity contribution in [1.29, 1.82) is 0 Å². The molecule has 0 bridgehead atoms. The first-order chi connectivity index (χ1) is 12.9. The lowest BCUT2D eigenvalue weighted by molar-refractivity contribution is -0.116. The van der Waals surface area contributed by atoms with Crippen LogP contribution in [0.15, 0.2) is 36.4 Å². The number of ketones is 1. The van der Waals surface area contributed by atoms with Gasteiger partial charge in [0.25, 0.3) is 5.95 Å². The van der Waals surface area contributed by atoms with E-state index in [0.29, 0.717) is 23.0 Å². The van der Waals surface area contributed by atoms with Crippen molar-refractivity contribution in [2.24, 2.45) is 0 Å². The second-order valence-corrected chi connectivity index (χ2v) is 6.75. The molecule has 2 aromatic heterocycles. The molecule has 0 saturated heterocycles. The van der Waals surface area contributed by atoms with Gasteiger partial charge in [-0.2, -0.15) is 9.78 Å². The minimum absolute atomic E-state index is 0.0873. The molecule has 3 heterocycles. The summed E-state index contributed by atoms with van der Waals surface area (Å²) in [6.45, 7) is 5.59. The maximum Gasteiger partial charge on any atom is 0.252 e. The first-order valence-electron chi connectivity index (χ1n) is 8.75. The predicted octanol–water partition coefficient (Wildman–Crippen LogP) is 2.90. The van der Waals surface area contributed by atoms with Gasteiger partial charge in [-0.3, -0.25) is 9.59 Å². The molecule has 136 valence electrons. The summed E-state index contributed by atoms with van der Waals surface area (Å²) < 4.78 is 1.52. The van der Waals surface area contributed by atoms with Gasteiger partial charge in [0.15, 0.2) is 5.78 Å². The Balaban J connectivity index is 1.85. The maximum absolute atomic E-state index is 13.1. The van der Waals surface area contributed by atoms with Crippen molar-refractivity contribution in [3.63, 3.8) is 0 Å². The molecule has 7 nitrogen and oxygen atoms in total. The first-order valence-corrected chi connectivity index (χ1v) is 8.75. The van der Waals surface area contributed by atoms with Gasteiger partial charge in [-0.05, 0) is 26.8 Å². The van der Waals surface area contributed by atoms with Gasteiger partial charge >= 0.3 is 0 Å². The number of anilines is 1. The van der Waals surface area contributed by atoms with Crippen molar-refractivity contribution < 1.29 is 9.59 Å². The number of rotatable bonds is 3. The Morgan fingerprint density at radius 2 is 1.78 bits per heavy atom. The molecule has 0 aliphatic carbocycles.